The predicted octanol–water partition coefficient (Wildman–Crippen LogP) is 2.97. The molecule has 0 fully saturated rings. The van der Waals surface area contributed by atoms with Gasteiger partial charge in [-0.3, -0.25) is 4.79 Å². The third kappa shape index (κ3) is 5.05. The number of aliphatic carboxylic acids is 1. The van der Waals surface area contributed by atoms with E-state index in [1.807, 2.05) is 0 Å². The molecule has 0 heterocycles. The van der Waals surface area contributed by atoms with Gasteiger partial charge in [0.15, 0.2) is 0 Å². The van der Waals surface area contributed by atoms with Gasteiger partial charge in [-0.15, -0.1) is 0 Å². The summed E-state index contributed by atoms with van der Waals surface area (Å²) >= 11 is 5.76. The summed E-state index contributed by atoms with van der Waals surface area (Å²) in [5, 5.41) is 12.2. The Balaban J connectivity index is 2.71. The average molecular weight is 296 g/mol. The van der Waals surface area contributed by atoms with Crippen molar-refractivity contribution in [3.05, 3.63) is 40.9 Å². The van der Waals surface area contributed by atoms with Gasteiger partial charge in [-0.2, -0.15) is 0 Å². The molecule has 0 aliphatic rings. The molecule has 1 rings (SSSR count). The summed E-state index contributed by atoms with van der Waals surface area (Å²) < 4.78 is 0. The smallest absolute Gasteiger partial charge is 0.326 e. The van der Waals surface area contributed by atoms with Gasteiger partial charge in [0.25, 0.3) is 0 Å². The van der Waals surface area contributed by atoms with Crippen molar-refractivity contribution >= 4 is 29.6 Å². The van der Waals surface area contributed by atoms with Crippen molar-refractivity contribution in [1.82, 2.24) is 5.32 Å². The summed E-state index contributed by atoms with van der Waals surface area (Å²) in [6.45, 7) is 5.28. The van der Waals surface area contributed by atoms with E-state index in [2.05, 4.69) is 5.32 Å². The van der Waals surface area contributed by atoms with E-state index >= 15 is 0 Å². The van der Waals surface area contributed by atoms with Crippen molar-refractivity contribution < 1.29 is 14.7 Å². The average Bonchev–Trinajstić information content (AvgIpc) is 2.33. The number of hydrogen-bond acceptors (Lipinski definition) is 2. The van der Waals surface area contributed by atoms with Crippen LogP contribution in [-0.4, -0.2) is 23.0 Å². The van der Waals surface area contributed by atoms with Gasteiger partial charge in [-0.25, -0.2) is 4.79 Å². The number of hydrogen-bond donors (Lipinski definition) is 2. The number of carbonyl (C=O) groups excluding carboxylic acids is 1. The number of benzene rings is 1. The van der Waals surface area contributed by atoms with Gasteiger partial charge in [0.2, 0.25) is 5.91 Å². The molecule has 0 aliphatic carbocycles. The Morgan fingerprint density at radius 2 is 1.80 bits per heavy atom. The van der Waals surface area contributed by atoms with E-state index in [1.54, 1.807) is 51.1 Å². The van der Waals surface area contributed by atoms with E-state index in [0.717, 1.165) is 5.56 Å². The molecule has 4 nitrogen and oxygen atoms in total. The topological polar surface area (TPSA) is 66.4 Å². The van der Waals surface area contributed by atoms with E-state index in [0.29, 0.717) is 5.02 Å². The largest absolute Gasteiger partial charge is 0.480 e. The zero-order valence-electron chi connectivity index (χ0n) is 11.7. The van der Waals surface area contributed by atoms with E-state index in [4.69, 9.17) is 16.7 Å². The number of rotatable bonds is 4. The molecule has 2 N–H and O–H groups in total. The fraction of sp³-hybridized carbons (Fsp3) is 0.333. The second-order valence-electron chi connectivity index (χ2n) is 5.53. The maximum Gasteiger partial charge on any atom is 0.326 e. The van der Waals surface area contributed by atoms with Crippen molar-refractivity contribution in [2.45, 2.75) is 26.8 Å². The first kappa shape index (κ1) is 16.2. The van der Waals surface area contributed by atoms with Crippen LogP contribution in [0.3, 0.4) is 0 Å². The van der Waals surface area contributed by atoms with Crippen LogP contribution in [0.15, 0.2) is 30.3 Å². The minimum absolute atomic E-state index is 0.442. The van der Waals surface area contributed by atoms with Crippen LogP contribution in [0.1, 0.15) is 26.3 Å². The maximum absolute atomic E-state index is 11.8. The van der Waals surface area contributed by atoms with Crippen LogP contribution in [-0.2, 0) is 9.59 Å². The highest BCUT2D eigenvalue weighted by atomic mass is 35.5. The fourth-order valence-electron chi connectivity index (χ4n) is 1.58. The first-order chi connectivity index (χ1) is 9.20. The van der Waals surface area contributed by atoms with Crippen LogP contribution in [0, 0.1) is 5.41 Å². The van der Waals surface area contributed by atoms with E-state index in [-0.39, 0.29) is 0 Å². The molecule has 1 aromatic rings. The van der Waals surface area contributed by atoms with Crippen molar-refractivity contribution in [1.29, 1.82) is 0 Å². The second kappa shape index (κ2) is 6.57. The van der Waals surface area contributed by atoms with Crippen LogP contribution in [0.4, 0.5) is 0 Å². The number of carbonyl (C=O) groups is 2. The number of carboxylic acids is 1. The Morgan fingerprint density at radius 1 is 1.25 bits per heavy atom. The SMILES string of the molecule is CC(C)(C)C(NC(=O)/C=C/c1ccc(Cl)cc1)C(=O)O. The van der Waals surface area contributed by atoms with Crippen LogP contribution >= 0.6 is 11.6 Å². The monoisotopic (exact) mass is 295 g/mol. The Morgan fingerprint density at radius 3 is 2.25 bits per heavy atom. The normalized spacial score (nSPS) is 13.2. The first-order valence-electron chi connectivity index (χ1n) is 6.17. The minimum atomic E-state index is -1.05. The molecule has 5 heteroatoms. The zero-order chi connectivity index (χ0) is 15.3. The van der Waals surface area contributed by atoms with E-state index < -0.39 is 23.3 Å². The molecule has 0 spiro atoms. The van der Waals surface area contributed by atoms with Crippen LogP contribution in [0.5, 0.6) is 0 Å². The third-order valence-corrected chi connectivity index (χ3v) is 2.95. The number of amides is 1. The van der Waals surface area contributed by atoms with Crippen LogP contribution in [0.2, 0.25) is 5.02 Å². The number of halogens is 1. The van der Waals surface area contributed by atoms with Gasteiger partial charge in [0, 0.05) is 11.1 Å². The summed E-state index contributed by atoms with van der Waals surface area (Å²) in [5.74, 6) is -1.49. The molecule has 1 unspecified atom stereocenters. The molecule has 1 atom stereocenters. The second-order valence-corrected chi connectivity index (χ2v) is 5.97. The van der Waals surface area contributed by atoms with E-state index in [1.165, 1.54) is 6.08 Å². The van der Waals surface area contributed by atoms with Gasteiger partial charge >= 0.3 is 5.97 Å². The van der Waals surface area contributed by atoms with Gasteiger partial charge in [-0.1, -0.05) is 44.5 Å². The lowest BCUT2D eigenvalue weighted by molar-refractivity contribution is -0.144. The summed E-state index contributed by atoms with van der Waals surface area (Å²) in [4.78, 5) is 22.9. The van der Waals surface area contributed by atoms with Gasteiger partial charge < -0.3 is 10.4 Å². The molecule has 0 saturated heterocycles. The standard InChI is InChI=1S/C15H18ClNO3/c1-15(2,3)13(14(19)20)17-12(18)9-6-10-4-7-11(16)8-5-10/h4-9,13H,1-3H3,(H,17,18)(H,19,20)/b9-6+. The van der Waals surface area contributed by atoms with Gasteiger partial charge in [0.05, 0.1) is 0 Å². The molecular formula is C15H18ClNO3. The maximum atomic E-state index is 11.8. The Labute approximate surface area is 123 Å². The summed E-state index contributed by atoms with van der Waals surface area (Å²) in [7, 11) is 0. The molecule has 20 heavy (non-hydrogen) atoms. The third-order valence-electron chi connectivity index (χ3n) is 2.70. The number of nitrogens with one attached hydrogen (secondary N) is 1. The van der Waals surface area contributed by atoms with Crippen molar-refractivity contribution in [3.8, 4) is 0 Å². The highest BCUT2D eigenvalue weighted by molar-refractivity contribution is 6.30. The minimum Gasteiger partial charge on any atom is -0.480 e. The molecule has 108 valence electrons. The molecule has 0 aliphatic heterocycles. The molecule has 0 aromatic heterocycles. The molecule has 0 bridgehead atoms. The quantitative estimate of drug-likeness (QED) is 0.839. The summed E-state index contributed by atoms with van der Waals surface area (Å²) in [6, 6.07) is 6.03. The van der Waals surface area contributed by atoms with E-state index in [9.17, 15) is 9.59 Å². The Hall–Kier alpha value is -1.81. The lowest BCUT2D eigenvalue weighted by atomic mass is 9.87. The van der Waals surface area contributed by atoms with Crippen molar-refractivity contribution in [3.63, 3.8) is 0 Å². The van der Waals surface area contributed by atoms with Crippen molar-refractivity contribution in [2.75, 3.05) is 0 Å². The zero-order valence-corrected chi connectivity index (χ0v) is 12.4. The molecular weight excluding hydrogens is 278 g/mol. The summed E-state index contributed by atoms with van der Waals surface area (Å²) in [5.41, 5.74) is 0.252. The summed E-state index contributed by atoms with van der Waals surface area (Å²) in [6.07, 6.45) is 2.91. The lowest BCUT2D eigenvalue weighted by Crippen LogP contribution is -2.48. The fourth-order valence-corrected chi connectivity index (χ4v) is 1.71. The number of carboxylic acid groups (broad SMARTS) is 1. The molecule has 0 radical (unpaired) electrons. The van der Waals surface area contributed by atoms with Gasteiger partial charge in [-0.05, 0) is 29.2 Å². The Kier molecular flexibility index (Phi) is 5.34. The Bertz CT molecular complexity index is 515. The highest BCUT2D eigenvalue weighted by Crippen LogP contribution is 2.19. The first-order valence-corrected chi connectivity index (χ1v) is 6.55. The van der Waals surface area contributed by atoms with Gasteiger partial charge in [0.1, 0.15) is 6.04 Å². The van der Waals surface area contributed by atoms with Crippen molar-refractivity contribution in [2.24, 2.45) is 5.41 Å². The molecule has 1 amide bonds. The predicted molar refractivity (Wildman–Crippen MR) is 79.5 cm³/mol. The van der Waals surface area contributed by atoms with Crippen LogP contribution in [0.25, 0.3) is 6.08 Å². The highest BCUT2D eigenvalue weighted by Gasteiger charge is 2.31. The molecule has 1 aromatic carbocycles. The lowest BCUT2D eigenvalue weighted by Gasteiger charge is -2.27. The van der Waals surface area contributed by atoms with Crippen LogP contribution < -0.4 is 5.32 Å². The molecule has 0 saturated carbocycles.